The molecule has 2 N–H and O–H groups in total. The fraction of sp³-hybridized carbons (Fsp3) is 0.714. The Bertz CT molecular complexity index is 418. The molecule has 0 saturated carbocycles. The second kappa shape index (κ2) is 5.22. The standard InChI is InChI=1S/C14H22N4/c1-10-8-11(6-7-15-10)18-14-12-4-2-3-5-13(12)16-9-17-14/h9-11,15H,2-8H2,1H3,(H,16,17,18). The van der Waals surface area contributed by atoms with E-state index in [1.807, 2.05) is 0 Å². The molecule has 0 spiro atoms. The number of hydrogen-bond acceptors (Lipinski definition) is 4. The molecule has 1 aliphatic heterocycles. The molecule has 2 heterocycles. The normalized spacial score (nSPS) is 27.6. The van der Waals surface area contributed by atoms with Gasteiger partial charge in [-0.2, -0.15) is 0 Å². The van der Waals surface area contributed by atoms with Gasteiger partial charge in [0.25, 0.3) is 0 Å². The number of nitrogens with one attached hydrogen (secondary N) is 2. The molecule has 4 heteroatoms. The van der Waals surface area contributed by atoms with Crippen molar-refractivity contribution in [3.63, 3.8) is 0 Å². The summed E-state index contributed by atoms with van der Waals surface area (Å²) in [5.74, 6) is 1.10. The molecule has 0 radical (unpaired) electrons. The number of rotatable bonds is 2. The minimum atomic E-state index is 0.558. The molecule has 0 amide bonds. The van der Waals surface area contributed by atoms with Gasteiger partial charge in [0.15, 0.2) is 0 Å². The molecule has 1 aromatic heterocycles. The Hall–Kier alpha value is -1.16. The average Bonchev–Trinajstić information content (AvgIpc) is 2.39. The van der Waals surface area contributed by atoms with Crippen molar-refractivity contribution in [2.24, 2.45) is 0 Å². The minimum Gasteiger partial charge on any atom is -0.367 e. The van der Waals surface area contributed by atoms with E-state index in [9.17, 15) is 0 Å². The maximum absolute atomic E-state index is 4.47. The van der Waals surface area contributed by atoms with Crippen molar-refractivity contribution in [2.75, 3.05) is 11.9 Å². The van der Waals surface area contributed by atoms with Crippen LogP contribution in [0.1, 0.15) is 43.9 Å². The number of fused-ring (bicyclic) bond motifs is 1. The van der Waals surface area contributed by atoms with E-state index in [1.165, 1.54) is 36.9 Å². The van der Waals surface area contributed by atoms with Crippen molar-refractivity contribution in [3.8, 4) is 0 Å². The van der Waals surface area contributed by atoms with Crippen molar-refractivity contribution in [1.29, 1.82) is 0 Å². The van der Waals surface area contributed by atoms with Crippen LogP contribution in [-0.2, 0) is 12.8 Å². The topological polar surface area (TPSA) is 49.8 Å². The lowest BCUT2D eigenvalue weighted by atomic mass is 9.95. The zero-order valence-corrected chi connectivity index (χ0v) is 11.1. The monoisotopic (exact) mass is 246 g/mol. The van der Waals surface area contributed by atoms with Gasteiger partial charge in [0.05, 0.1) is 0 Å². The number of piperidine rings is 1. The number of anilines is 1. The third-order valence-electron chi connectivity index (χ3n) is 4.09. The average molecular weight is 246 g/mol. The molecule has 2 unspecified atom stereocenters. The Labute approximate surface area is 109 Å². The first-order chi connectivity index (χ1) is 8.83. The van der Waals surface area contributed by atoms with Crippen LogP contribution in [0.5, 0.6) is 0 Å². The van der Waals surface area contributed by atoms with Gasteiger partial charge in [0, 0.05) is 23.3 Å². The first-order valence-corrected chi connectivity index (χ1v) is 7.15. The summed E-state index contributed by atoms with van der Waals surface area (Å²) in [4.78, 5) is 8.89. The van der Waals surface area contributed by atoms with Crippen LogP contribution >= 0.6 is 0 Å². The highest BCUT2D eigenvalue weighted by Gasteiger charge is 2.21. The molecule has 2 aliphatic rings. The number of nitrogens with zero attached hydrogens (tertiary/aromatic N) is 2. The first kappa shape index (κ1) is 11.9. The lowest BCUT2D eigenvalue weighted by molar-refractivity contribution is 0.395. The Morgan fingerprint density at radius 3 is 3.06 bits per heavy atom. The quantitative estimate of drug-likeness (QED) is 0.837. The van der Waals surface area contributed by atoms with Crippen molar-refractivity contribution < 1.29 is 0 Å². The van der Waals surface area contributed by atoms with Gasteiger partial charge in [-0.1, -0.05) is 0 Å². The molecule has 4 nitrogen and oxygen atoms in total. The molecular formula is C14H22N4. The van der Waals surface area contributed by atoms with Gasteiger partial charge in [0.1, 0.15) is 12.1 Å². The maximum Gasteiger partial charge on any atom is 0.133 e. The molecule has 1 saturated heterocycles. The molecule has 98 valence electrons. The van der Waals surface area contributed by atoms with E-state index >= 15 is 0 Å². The summed E-state index contributed by atoms with van der Waals surface area (Å²) < 4.78 is 0. The van der Waals surface area contributed by atoms with Crippen LogP contribution in [0.25, 0.3) is 0 Å². The van der Waals surface area contributed by atoms with E-state index in [4.69, 9.17) is 0 Å². The molecule has 1 fully saturated rings. The SMILES string of the molecule is CC1CC(Nc2ncnc3c2CCCC3)CCN1. The van der Waals surface area contributed by atoms with E-state index < -0.39 is 0 Å². The van der Waals surface area contributed by atoms with Gasteiger partial charge >= 0.3 is 0 Å². The molecule has 3 rings (SSSR count). The van der Waals surface area contributed by atoms with Crippen LogP contribution in [-0.4, -0.2) is 28.6 Å². The predicted molar refractivity (Wildman–Crippen MR) is 72.8 cm³/mol. The fourth-order valence-corrected chi connectivity index (χ4v) is 3.10. The Kier molecular flexibility index (Phi) is 3.46. The van der Waals surface area contributed by atoms with Crippen LogP contribution in [0.4, 0.5) is 5.82 Å². The van der Waals surface area contributed by atoms with E-state index in [0.29, 0.717) is 12.1 Å². The molecule has 2 atom stereocenters. The summed E-state index contributed by atoms with van der Waals surface area (Å²) in [6.45, 7) is 3.36. The lowest BCUT2D eigenvalue weighted by Crippen LogP contribution is -2.41. The number of hydrogen-bond donors (Lipinski definition) is 2. The van der Waals surface area contributed by atoms with Gasteiger partial charge in [-0.15, -0.1) is 0 Å². The van der Waals surface area contributed by atoms with Gasteiger partial charge in [0.2, 0.25) is 0 Å². The smallest absolute Gasteiger partial charge is 0.133 e. The van der Waals surface area contributed by atoms with Gasteiger partial charge in [-0.05, 0) is 52.0 Å². The van der Waals surface area contributed by atoms with E-state index in [2.05, 4.69) is 27.5 Å². The highest BCUT2D eigenvalue weighted by Crippen LogP contribution is 2.26. The molecule has 0 aromatic carbocycles. The summed E-state index contributed by atoms with van der Waals surface area (Å²) in [5, 5.41) is 7.14. The van der Waals surface area contributed by atoms with Crippen molar-refractivity contribution in [1.82, 2.24) is 15.3 Å². The van der Waals surface area contributed by atoms with Crippen LogP contribution in [0.15, 0.2) is 6.33 Å². The highest BCUT2D eigenvalue weighted by molar-refractivity contribution is 5.47. The van der Waals surface area contributed by atoms with E-state index in [1.54, 1.807) is 6.33 Å². The zero-order chi connectivity index (χ0) is 12.4. The van der Waals surface area contributed by atoms with Crippen molar-refractivity contribution in [2.45, 2.75) is 57.5 Å². The van der Waals surface area contributed by atoms with Gasteiger partial charge < -0.3 is 10.6 Å². The Morgan fingerprint density at radius 2 is 2.17 bits per heavy atom. The third kappa shape index (κ3) is 2.48. The summed E-state index contributed by atoms with van der Waals surface area (Å²) in [5.41, 5.74) is 2.63. The largest absolute Gasteiger partial charge is 0.367 e. The van der Waals surface area contributed by atoms with Crippen LogP contribution in [0.2, 0.25) is 0 Å². The number of aromatic nitrogens is 2. The summed E-state index contributed by atoms with van der Waals surface area (Å²) in [6.07, 6.45) is 8.89. The maximum atomic E-state index is 4.47. The van der Waals surface area contributed by atoms with Crippen LogP contribution < -0.4 is 10.6 Å². The minimum absolute atomic E-state index is 0.558. The van der Waals surface area contributed by atoms with Crippen LogP contribution in [0.3, 0.4) is 0 Å². The highest BCUT2D eigenvalue weighted by atomic mass is 15.1. The Morgan fingerprint density at radius 1 is 1.28 bits per heavy atom. The molecule has 1 aromatic rings. The second-order valence-electron chi connectivity index (χ2n) is 5.58. The molecular weight excluding hydrogens is 224 g/mol. The predicted octanol–water partition coefficient (Wildman–Crippen LogP) is 1.91. The van der Waals surface area contributed by atoms with Gasteiger partial charge in [-0.3, -0.25) is 0 Å². The fourth-order valence-electron chi connectivity index (χ4n) is 3.10. The summed E-state index contributed by atoms with van der Waals surface area (Å²) in [6, 6.07) is 1.16. The van der Waals surface area contributed by atoms with Crippen LogP contribution in [0, 0.1) is 0 Å². The number of aryl methyl sites for hydroxylation is 1. The first-order valence-electron chi connectivity index (χ1n) is 7.15. The molecule has 0 bridgehead atoms. The van der Waals surface area contributed by atoms with Gasteiger partial charge in [-0.25, -0.2) is 9.97 Å². The summed E-state index contributed by atoms with van der Waals surface area (Å²) in [7, 11) is 0. The second-order valence-corrected chi connectivity index (χ2v) is 5.58. The summed E-state index contributed by atoms with van der Waals surface area (Å²) >= 11 is 0. The van der Waals surface area contributed by atoms with E-state index in [-0.39, 0.29) is 0 Å². The molecule has 18 heavy (non-hydrogen) atoms. The van der Waals surface area contributed by atoms with Crippen molar-refractivity contribution >= 4 is 5.82 Å². The Balaban J connectivity index is 1.76. The third-order valence-corrected chi connectivity index (χ3v) is 4.09. The molecule has 1 aliphatic carbocycles. The zero-order valence-electron chi connectivity index (χ0n) is 11.1. The van der Waals surface area contributed by atoms with Crippen molar-refractivity contribution in [3.05, 3.63) is 17.6 Å². The lowest BCUT2D eigenvalue weighted by Gasteiger charge is -2.30. The van der Waals surface area contributed by atoms with E-state index in [0.717, 1.165) is 25.2 Å².